The Bertz CT molecular complexity index is 469. The molecule has 0 saturated heterocycles. The molecule has 0 amide bonds. The molecule has 0 saturated carbocycles. The van der Waals surface area contributed by atoms with Gasteiger partial charge < -0.3 is 10.6 Å². The normalized spacial score (nSPS) is 17.4. The van der Waals surface area contributed by atoms with Crippen molar-refractivity contribution in [1.29, 1.82) is 0 Å². The molecule has 0 bridgehead atoms. The average Bonchev–Trinajstić information content (AvgIpc) is 2.38. The lowest BCUT2D eigenvalue weighted by molar-refractivity contribution is 0.474. The average molecular weight is 256 g/mol. The maximum absolute atomic E-state index is 3.53. The van der Waals surface area contributed by atoms with Gasteiger partial charge in [-0.25, -0.2) is 0 Å². The van der Waals surface area contributed by atoms with E-state index in [1.54, 1.807) is 0 Å². The van der Waals surface area contributed by atoms with E-state index in [9.17, 15) is 0 Å². The first-order valence-electron chi connectivity index (χ1n) is 7.10. The molecule has 102 valence electrons. The van der Waals surface area contributed by atoms with Gasteiger partial charge in [0.05, 0.1) is 11.4 Å². The van der Waals surface area contributed by atoms with Crippen LogP contribution in [-0.2, 0) is 0 Å². The molecule has 0 heterocycles. The third-order valence-electron chi connectivity index (χ3n) is 3.28. The van der Waals surface area contributed by atoms with Crippen molar-refractivity contribution in [2.75, 3.05) is 11.9 Å². The summed E-state index contributed by atoms with van der Waals surface area (Å²) >= 11 is 0. The van der Waals surface area contributed by atoms with Crippen molar-refractivity contribution in [3.8, 4) is 0 Å². The number of hydrogen-bond donors (Lipinski definition) is 2. The third kappa shape index (κ3) is 3.88. The first-order valence-corrected chi connectivity index (χ1v) is 7.10. The number of hydrogen-bond acceptors (Lipinski definition) is 2. The van der Waals surface area contributed by atoms with Crippen LogP contribution in [0.3, 0.4) is 0 Å². The SMILES string of the molecule is CCCNC1=CCC(C)(C)C=C1Nc1ccccc1. The van der Waals surface area contributed by atoms with Gasteiger partial charge in [-0.15, -0.1) is 0 Å². The van der Waals surface area contributed by atoms with Crippen LogP contribution in [0.1, 0.15) is 33.6 Å². The van der Waals surface area contributed by atoms with Crippen molar-refractivity contribution in [2.45, 2.75) is 33.6 Å². The number of nitrogens with one attached hydrogen (secondary N) is 2. The molecule has 0 spiro atoms. The number of anilines is 1. The maximum atomic E-state index is 3.53. The molecule has 0 aromatic heterocycles. The van der Waals surface area contributed by atoms with Crippen LogP contribution in [0.5, 0.6) is 0 Å². The Morgan fingerprint density at radius 3 is 2.53 bits per heavy atom. The summed E-state index contributed by atoms with van der Waals surface area (Å²) in [5.41, 5.74) is 3.77. The van der Waals surface area contributed by atoms with E-state index >= 15 is 0 Å². The molecule has 19 heavy (non-hydrogen) atoms. The smallest absolute Gasteiger partial charge is 0.0581 e. The molecule has 0 unspecified atom stereocenters. The number of para-hydroxylation sites is 1. The van der Waals surface area contributed by atoms with Crippen LogP contribution in [0, 0.1) is 5.41 Å². The summed E-state index contributed by atoms with van der Waals surface area (Å²) in [7, 11) is 0. The van der Waals surface area contributed by atoms with Crippen LogP contribution in [-0.4, -0.2) is 6.54 Å². The minimum absolute atomic E-state index is 0.217. The molecule has 0 atom stereocenters. The van der Waals surface area contributed by atoms with Gasteiger partial charge in [-0.2, -0.15) is 0 Å². The molecular formula is C17H24N2. The Labute approximate surface area is 116 Å². The summed E-state index contributed by atoms with van der Waals surface area (Å²) in [6, 6.07) is 10.3. The van der Waals surface area contributed by atoms with Gasteiger partial charge in [-0.3, -0.25) is 0 Å². The second-order valence-corrected chi connectivity index (χ2v) is 5.79. The molecule has 2 nitrogen and oxygen atoms in total. The van der Waals surface area contributed by atoms with E-state index in [2.05, 4.69) is 67.8 Å². The standard InChI is InChI=1S/C17H24N2/c1-4-12-18-15-10-11-17(2,3)13-16(15)19-14-8-6-5-7-9-14/h5-10,13,18-19H,4,11-12H2,1-3H3. The van der Waals surface area contributed by atoms with E-state index in [1.165, 1.54) is 11.4 Å². The lowest BCUT2D eigenvalue weighted by Gasteiger charge is -2.28. The Morgan fingerprint density at radius 1 is 1.11 bits per heavy atom. The summed E-state index contributed by atoms with van der Waals surface area (Å²) in [4.78, 5) is 0. The topological polar surface area (TPSA) is 24.1 Å². The van der Waals surface area contributed by atoms with Crippen LogP contribution in [0.2, 0.25) is 0 Å². The first-order chi connectivity index (χ1) is 9.11. The molecule has 0 radical (unpaired) electrons. The molecular weight excluding hydrogens is 232 g/mol. The van der Waals surface area contributed by atoms with E-state index in [4.69, 9.17) is 0 Å². The zero-order chi connectivity index (χ0) is 13.7. The zero-order valence-electron chi connectivity index (χ0n) is 12.2. The Kier molecular flexibility index (Phi) is 4.31. The molecule has 0 aliphatic heterocycles. The maximum Gasteiger partial charge on any atom is 0.0581 e. The van der Waals surface area contributed by atoms with Gasteiger partial charge in [0.25, 0.3) is 0 Å². The summed E-state index contributed by atoms with van der Waals surface area (Å²) in [6.45, 7) is 7.74. The van der Waals surface area contributed by atoms with Crippen molar-refractivity contribution < 1.29 is 0 Å². The monoisotopic (exact) mass is 256 g/mol. The predicted molar refractivity (Wildman–Crippen MR) is 82.9 cm³/mol. The summed E-state index contributed by atoms with van der Waals surface area (Å²) in [5, 5.41) is 7.04. The molecule has 1 aromatic carbocycles. The van der Waals surface area contributed by atoms with E-state index in [1.807, 2.05) is 6.07 Å². The summed E-state index contributed by atoms with van der Waals surface area (Å²) in [5.74, 6) is 0. The molecule has 1 aromatic rings. The van der Waals surface area contributed by atoms with Gasteiger partial charge in [0.1, 0.15) is 0 Å². The molecule has 2 rings (SSSR count). The highest BCUT2D eigenvalue weighted by atomic mass is 15.0. The largest absolute Gasteiger partial charge is 0.384 e. The molecule has 1 aliphatic carbocycles. The number of rotatable bonds is 5. The molecule has 2 heteroatoms. The van der Waals surface area contributed by atoms with E-state index in [0.29, 0.717) is 0 Å². The number of benzene rings is 1. The van der Waals surface area contributed by atoms with Gasteiger partial charge >= 0.3 is 0 Å². The second-order valence-electron chi connectivity index (χ2n) is 5.79. The molecule has 1 aliphatic rings. The highest BCUT2D eigenvalue weighted by molar-refractivity contribution is 5.54. The van der Waals surface area contributed by atoms with Crippen LogP contribution in [0.15, 0.2) is 53.9 Å². The Balaban J connectivity index is 2.16. The summed E-state index contributed by atoms with van der Waals surface area (Å²) < 4.78 is 0. The van der Waals surface area contributed by atoms with Crippen molar-refractivity contribution in [2.24, 2.45) is 5.41 Å². The molecule has 0 fully saturated rings. The highest BCUT2D eigenvalue weighted by Crippen LogP contribution is 2.32. The van der Waals surface area contributed by atoms with Crippen LogP contribution in [0.4, 0.5) is 5.69 Å². The zero-order valence-corrected chi connectivity index (χ0v) is 12.2. The van der Waals surface area contributed by atoms with Crippen molar-refractivity contribution in [1.82, 2.24) is 5.32 Å². The molecule has 2 N–H and O–H groups in total. The van der Waals surface area contributed by atoms with E-state index in [-0.39, 0.29) is 5.41 Å². The Hall–Kier alpha value is -1.70. The van der Waals surface area contributed by atoms with E-state index in [0.717, 1.165) is 25.1 Å². The van der Waals surface area contributed by atoms with Gasteiger partial charge in [0.2, 0.25) is 0 Å². The van der Waals surface area contributed by atoms with Crippen LogP contribution in [0.25, 0.3) is 0 Å². The third-order valence-corrected chi connectivity index (χ3v) is 3.28. The minimum atomic E-state index is 0.217. The minimum Gasteiger partial charge on any atom is -0.384 e. The van der Waals surface area contributed by atoms with Crippen molar-refractivity contribution in [3.05, 3.63) is 53.9 Å². The van der Waals surface area contributed by atoms with Crippen molar-refractivity contribution >= 4 is 5.69 Å². The quantitative estimate of drug-likeness (QED) is 0.821. The first kappa shape index (κ1) is 13.7. The van der Waals surface area contributed by atoms with Gasteiger partial charge in [0.15, 0.2) is 0 Å². The van der Waals surface area contributed by atoms with Crippen LogP contribution >= 0.6 is 0 Å². The number of allylic oxidation sites excluding steroid dienone is 2. The van der Waals surface area contributed by atoms with E-state index < -0.39 is 0 Å². The fraction of sp³-hybridized carbons (Fsp3) is 0.412. The Morgan fingerprint density at radius 2 is 1.84 bits per heavy atom. The fourth-order valence-corrected chi connectivity index (χ4v) is 2.21. The van der Waals surface area contributed by atoms with Crippen LogP contribution < -0.4 is 10.6 Å². The van der Waals surface area contributed by atoms with Gasteiger partial charge in [0, 0.05) is 12.2 Å². The van der Waals surface area contributed by atoms with Gasteiger partial charge in [-0.05, 0) is 30.4 Å². The lowest BCUT2D eigenvalue weighted by atomic mass is 9.84. The van der Waals surface area contributed by atoms with Gasteiger partial charge in [-0.1, -0.05) is 51.1 Å². The highest BCUT2D eigenvalue weighted by Gasteiger charge is 2.21. The van der Waals surface area contributed by atoms with Crippen molar-refractivity contribution in [3.63, 3.8) is 0 Å². The fourth-order valence-electron chi connectivity index (χ4n) is 2.21. The second kappa shape index (κ2) is 5.96. The predicted octanol–water partition coefficient (Wildman–Crippen LogP) is 4.30. The lowest BCUT2D eigenvalue weighted by Crippen LogP contribution is -2.25. The summed E-state index contributed by atoms with van der Waals surface area (Å²) in [6.07, 6.45) is 6.86.